The summed E-state index contributed by atoms with van der Waals surface area (Å²) in [7, 11) is 0. The second kappa shape index (κ2) is 7.00. The lowest BCUT2D eigenvalue weighted by atomic mass is 10.0. The van der Waals surface area contributed by atoms with Crippen molar-refractivity contribution in [1.29, 1.82) is 0 Å². The second-order valence-electron chi connectivity index (χ2n) is 5.39. The lowest BCUT2D eigenvalue weighted by Crippen LogP contribution is -2.46. The van der Waals surface area contributed by atoms with Crippen molar-refractivity contribution in [2.75, 3.05) is 35.8 Å². The number of nitrogens with one attached hydrogen (secondary N) is 1. The Morgan fingerprint density at radius 1 is 1.30 bits per heavy atom. The third-order valence-electron chi connectivity index (χ3n) is 4.02. The van der Waals surface area contributed by atoms with Crippen molar-refractivity contribution in [2.45, 2.75) is 36.5 Å². The SMILES string of the molecule is CSc1nccc(N2CCC(NC3CCSC3)CC2)n1. The molecule has 3 heterocycles. The van der Waals surface area contributed by atoms with Gasteiger partial charge < -0.3 is 10.2 Å². The first-order chi connectivity index (χ1) is 9.85. The zero-order chi connectivity index (χ0) is 13.8. The van der Waals surface area contributed by atoms with E-state index >= 15 is 0 Å². The van der Waals surface area contributed by atoms with Crippen molar-refractivity contribution in [2.24, 2.45) is 0 Å². The number of aromatic nitrogens is 2. The summed E-state index contributed by atoms with van der Waals surface area (Å²) in [5.74, 6) is 3.71. The maximum absolute atomic E-state index is 4.60. The molecule has 1 aromatic rings. The Morgan fingerprint density at radius 2 is 2.15 bits per heavy atom. The monoisotopic (exact) mass is 310 g/mol. The van der Waals surface area contributed by atoms with Crippen LogP contribution in [0.5, 0.6) is 0 Å². The molecule has 1 N–H and O–H groups in total. The van der Waals surface area contributed by atoms with Gasteiger partial charge in [0.05, 0.1) is 0 Å². The molecule has 6 heteroatoms. The lowest BCUT2D eigenvalue weighted by Gasteiger charge is -2.34. The maximum atomic E-state index is 4.60. The summed E-state index contributed by atoms with van der Waals surface area (Å²) in [5, 5.41) is 4.69. The number of piperidine rings is 1. The Hall–Kier alpha value is -0.460. The summed E-state index contributed by atoms with van der Waals surface area (Å²) in [6, 6.07) is 3.47. The summed E-state index contributed by atoms with van der Waals surface area (Å²) in [6.07, 6.45) is 7.68. The fourth-order valence-corrected chi connectivity index (χ4v) is 4.40. The molecular formula is C14H22N4S2. The van der Waals surface area contributed by atoms with E-state index in [1.54, 1.807) is 11.8 Å². The number of hydrogen-bond donors (Lipinski definition) is 1. The van der Waals surface area contributed by atoms with E-state index in [4.69, 9.17) is 0 Å². The number of rotatable bonds is 4. The highest BCUT2D eigenvalue weighted by Gasteiger charge is 2.24. The van der Waals surface area contributed by atoms with Crippen molar-refractivity contribution >= 4 is 29.3 Å². The Labute approximate surface area is 129 Å². The lowest BCUT2D eigenvalue weighted by molar-refractivity contribution is 0.378. The van der Waals surface area contributed by atoms with Gasteiger partial charge in [0.1, 0.15) is 5.82 Å². The zero-order valence-electron chi connectivity index (χ0n) is 11.9. The summed E-state index contributed by atoms with van der Waals surface area (Å²) in [4.78, 5) is 11.2. The summed E-state index contributed by atoms with van der Waals surface area (Å²) < 4.78 is 0. The van der Waals surface area contributed by atoms with Crippen molar-refractivity contribution < 1.29 is 0 Å². The molecule has 0 amide bonds. The molecule has 20 heavy (non-hydrogen) atoms. The van der Waals surface area contributed by atoms with Crippen LogP contribution >= 0.6 is 23.5 Å². The van der Waals surface area contributed by atoms with Crippen LogP contribution in [0.3, 0.4) is 0 Å². The summed E-state index contributed by atoms with van der Waals surface area (Å²) in [5.41, 5.74) is 0. The molecule has 4 nitrogen and oxygen atoms in total. The van der Waals surface area contributed by atoms with Gasteiger partial charge in [-0.3, -0.25) is 0 Å². The molecule has 1 aromatic heterocycles. The van der Waals surface area contributed by atoms with Gasteiger partial charge in [0, 0.05) is 37.1 Å². The predicted octanol–water partition coefficient (Wildman–Crippen LogP) is 2.26. The van der Waals surface area contributed by atoms with E-state index in [9.17, 15) is 0 Å². The number of nitrogens with zero attached hydrogens (tertiary/aromatic N) is 3. The van der Waals surface area contributed by atoms with Gasteiger partial charge in [0.2, 0.25) is 0 Å². The Balaban J connectivity index is 1.52. The van der Waals surface area contributed by atoms with E-state index in [-0.39, 0.29) is 0 Å². The molecule has 110 valence electrons. The van der Waals surface area contributed by atoms with Crippen LogP contribution in [0.15, 0.2) is 17.4 Å². The van der Waals surface area contributed by atoms with Gasteiger partial charge in [-0.2, -0.15) is 11.8 Å². The van der Waals surface area contributed by atoms with Gasteiger partial charge in [-0.1, -0.05) is 11.8 Å². The fourth-order valence-electron chi connectivity index (χ4n) is 2.88. The van der Waals surface area contributed by atoms with Crippen LogP contribution in [-0.4, -0.2) is 52.9 Å². The highest BCUT2D eigenvalue weighted by atomic mass is 32.2. The predicted molar refractivity (Wildman–Crippen MR) is 87.9 cm³/mol. The fraction of sp³-hybridized carbons (Fsp3) is 0.714. The van der Waals surface area contributed by atoms with Crippen LogP contribution in [0.25, 0.3) is 0 Å². The minimum absolute atomic E-state index is 0.691. The molecule has 0 bridgehead atoms. The zero-order valence-corrected chi connectivity index (χ0v) is 13.6. The van der Waals surface area contributed by atoms with E-state index < -0.39 is 0 Å². The smallest absolute Gasteiger partial charge is 0.189 e. The number of hydrogen-bond acceptors (Lipinski definition) is 6. The summed E-state index contributed by atoms with van der Waals surface area (Å²) in [6.45, 7) is 2.20. The van der Waals surface area contributed by atoms with Crippen LogP contribution in [-0.2, 0) is 0 Å². The average molecular weight is 310 g/mol. The van der Waals surface area contributed by atoms with E-state index in [2.05, 4.69) is 31.9 Å². The molecule has 0 aromatic carbocycles. The molecule has 0 spiro atoms. The molecule has 0 radical (unpaired) electrons. The van der Waals surface area contributed by atoms with Crippen molar-refractivity contribution in [3.05, 3.63) is 12.3 Å². The topological polar surface area (TPSA) is 41.1 Å². The number of thioether (sulfide) groups is 2. The minimum atomic E-state index is 0.691. The van der Waals surface area contributed by atoms with Crippen LogP contribution < -0.4 is 10.2 Å². The first kappa shape index (κ1) is 14.5. The van der Waals surface area contributed by atoms with Gasteiger partial charge in [-0.15, -0.1) is 0 Å². The molecule has 2 fully saturated rings. The normalized spacial score (nSPS) is 24.2. The third-order valence-corrected chi connectivity index (χ3v) is 5.75. The highest BCUT2D eigenvalue weighted by Crippen LogP contribution is 2.22. The van der Waals surface area contributed by atoms with E-state index in [1.165, 1.54) is 30.8 Å². The average Bonchev–Trinajstić information content (AvgIpc) is 3.01. The van der Waals surface area contributed by atoms with Crippen LogP contribution in [0.4, 0.5) is 5.82 Å². The first-order valence-corrected chi connectivity index (χ1v) is 9.69. The van der Waals surface area contributed by atoms with Crippen LogP contribution in [0.2, 0.25) is 0 Å². The standard InChI is InChI=1S/C14H22N4S2/c1-19-14-15-6-2-13(17-14)18-7-3-11(4-8-18)16-12-5-9-20-10-12/h2,6,11-12,16H,3-5,7-10H2,1H3. The van der Waals surface area contributed by atoms with Gasteiger partial charge >= 0.3 is 0 Å². The van der Waals surface area contributed by atoms with Crippen molar-refractivity contribution in [3.8, 4) is 0 Å². The Kier molecular flexibility index (Phi) is 5.07. The molecule has 3 rings (SSSR count). The van der Waals surface area contributed by atoms with Crippen molar-refractivity contribution in [1.82, 2.24) is 15.3 Å². The van der Waals surface area contributed by atoms with Gasteiger partial charge in [-0.25, -0.2) is 9.97 Å². The molecule has 2 aliphatic heterocycles. The van der Waals surface area contributed by atoms with E-state index in [1.807, 2.05) is 18.5 Å². The largest absolute Gasteiger partial charge is 0.356 e. The van der Waals surface area contributed by atoms with Gasteiger partial charge in [0.15, 0.2) is 5.16 Å². The van der Waals surface area contributed by atoms with Crippen molar-refractivity contribution in [3.63, 3.8) is 0 Å². The molecule has 2 aliphatic rings. The Bertz CT molecular complexity index is 429. The quantitative estimate of drug-likeness (QED) is 0.679. The van der Waals surface area contributed by atoms with Gasteiger partial charge in [0.25, 0.3) is 0 Å². The number of anilines is 1. The molecule has 1 unspecified atom stereocenters. The van der Waals surface area contributed by atoms with E-state index in [0.29, 0.717) is 6.04 Å². The molecule has 0 aliphatic carbocycles. The highest BCUT2D eigenvalue weighted by molar-refractivity contribution is 7.99. The third kappa shape index (κ3) is 3.59. The second-order valence-corrected chi connectivity index (χ2v) is 7.31. The Morgan fingerprint density at radius 3 is 2.85 bits per heavy atom. The first-order valence-electron chi connectivity index (χ1n) is 7.31. The van der Waals surface area contributed by atoms with Gasteiger partial charge in [-0.05, 0) is 37.3 Å². The molecular weight excluding hydrogens is 288 g/mol. The molecule has 2 saturated heterocycles. The van der Waals surface area contributed by atoms with E-state index in [0.717, 1.165) is 30.1 Å². The summed E-state index contributed by atoms with van der Waals surface area (Å²) >= 11 is 3.69. The van der Waals surface area contributed by atoms with Crippen LogP contribution in [0, 0.1) is 0 Å². The molecule has 1 atom stereocenters. The minimum Gasteiger partial charge on any atom is -0.356 e. The molecule has 0 saturated carbocycles. The maximum Gasteiger partial charge on any atom is 0.189 e. The van der Waals surface area contributed by atoms with Crippen LogP contribution in [0.1, 0.15) is 19.3 Å².